The van der Waals surface area contributed by atoms with Crippen molar-refractivity contribution in [1.29, 1.82) is 0 Å². The summed E-state index contributed by atoms with van der Waals surface area (Å²) in [5.74, 6) is -0.751. The highest BCUT2D eigenvalue weighted by atomic mass is 16.6. The lowest BCUT2D eigenvalue weighted by molar-refractivity contribution is -0.145. The molecule has 1 rings (SSSR count). The third-order valence-electron chi connectivity index (χ3n) is 1.89. The second-order valence-corrected chi connectivity index (χ2v) is 3.39. The Kier molecular flexibility index (Phi) is 4.36. The molecular formula is C9H14BNO4. The Hall–Kier alpha value is -1.30. The molecule has 82 valence electrons. The number of rotatable bonds is 2. The third kappa shape index (κ3) is 4.16. The van der Waals surface area contributed by atoms with Crippen LogP contribution in [0.3, 0.4) is 0 Å². The lowest BCUT2D eigenvalue weighted by atomic mass is 9.84. The first-order chi connectivity index (χ1) is 7.11. The van der Waals surface area contributed by atoms with Crippen LogP contribution in [0.5, 0.6) is 0 Å². The van der Waals surface area contributed by atoms with Gasteiger partial charge in [0.2, 0.25) is 0 Å². The van der Waals surface area contributed by atoms with Crippen molar-refractivity contribution < 1.29 is 18.9 Å². The van der Waals surface area contributed by atoms with Gasteiger partial charge in [-0.25, -0.2) is 0 Å². The predicted octanol–water partition coefficient (Wildman–Crippen LogP) is 0.0825. The fourth-order valence-corrected chi connectivity index (χ4v) is 1.23. The summed E-state index contributed by atoms with van der Waals surface area (Å²) in [6, 6.07) is 0. The zero-order chi connectivity index (χ0) is 11.3. The number of carbonyl (C=O) groups excluding carboxylic acids is 2. The zero-order valence-electron chi connectivity index (χ0n) is 8.93. The predicted molar refractivity (Wildman–Crippen MR) is 55.1 cm³/mol. The van der Waals surface area contributed by atoms with E-state index in [-0.39, 0.29) is 25.0 Å². The highest BCUT2D eigenvalue weighted by Crippen LogP contribution is 2.04. The van der Waals surface area contributed by atoms with Gasteiger partial charge in [-0.05, 0) is 14.0 Å². The molecule has 1 aliphatic rings. The van der Waals surface area contributed by atoms with E-state index in [1.165, 1.54) is 0 Å². The number of nitrogens with zero attached hydrogens (tertiary/aromatic N) is 1. The molecule has 0 atom stereocenters. The molecule has 1 fully saturated rings. The topological polar surface area (TPSA) is 55.8 Å². The van der Waals surface area contributed by atoms with E-state index in [0.29, 0.717) is 6.32 Å². The maximum absolute atomic E-state index is 11.2. The molecule has 1 saturated heterocycles. The minimum Gasteiger partial charge on any atom is -0.498 e. The Morgan fingerprint density at radius 1 is 1.33 bits per heavy atom. The van der Waals surface area contributed by atoms with Gasteiger partial charge in [0, 0.05) is 6.32 Å². The van der Waals surface area contributed by atoms with Crippen molar-refractivity contribution in [2.24, 2.45) is 0 Å². The Morgan fingerprint density at radius 2 is 1.87 bits per heavy atom. The van der Waals surface area contributed by atoms with Crippen molar-refractivity contribution in [3.8, 4) is 0 Å². The molecular weight excluding hydrogens is 197 g/mol. The summed E-state index contributed by atoms with van der Waals surface area (Å²) in [5.41, 5.74) is 0. The second-order valence-electron chi connectivity index (χ2n) is 3.39. The molecule has 0 bridgehead atoms. The monoisotopic (exact) mass is 211 g/mol. The Balaban J connectivity index is 2.57. The Labute approximate surface area is 89.2 Å². The van der Waals surface area contributed by atoms with Crippen LogP contribution >= 0.6 is 0 Å². The summed E-state index contributed by atoms with van der Waals surface area (Å²) in [6.45, 7) is 2.07. The fraction of sp³-hybridized carbons (Fsp3) is 0.556. The summed E-state index contributed by atoms with van der Waals surface area (Å²) in [4.78, 5) is 24.0. The third-order valence-corrected chi connectivity index (χ3v) is 1.89. The molecule has 0 aliphatic carbocycles. The molecule has 0 spiro atoms. The summed E-state index contributed by atoms with van der Waals surface area (Å²) < 4.78 is 9.92. The molecule has 1 aliphatic heterocycles. The van der Waals surface area contributed by atoms with Crippen molar-refractivity contribution >= 4 is 19.1 Å². The van der Waals surface area contributed by atoms with Gasteiger partial charge in [0.25, 0.3) is 0 Å². The lowest BCUT2D eigenvalue weighted by Crippen LogP contribution is -2.42. The van der Waals surface area contributed by atoms with E-state index in [0.717, 1.165) is 0 Å². The van der Waals surface area contributed by atoms with Gasteiger partial charge < -0.3 is 9.31 Å². The molecule has 6 heteroatoms. The molecule has 5 nitrogen and oxygen atoms in total. The molecule has 0 aromatic carbocycles. The normalized spacial score (nSPS) is 19.7. The van der Waals surface area contributed by atoms with E-state index in [1.54, 1.807) is 18.0 Å². The number of likely N-dealkylation sites (N-methyl/N-ethyl adjacent to an activating group) is 1. The molecule has 0 aromatic rings. The van der Waals surface area contributed by atoms with Crippen LogP contribution in [0.15, 0.2) is 12.2 Å². The van der Waals surface area contributed by atoms with E-state index >= 15 is 0 Å². The first kappa shape index (κ1) is 11.8. The van der Waals surface area contributed by atoms with Crippen LogP contribution < -0.4 is 0 Å². The summed E-state index contributed by atoms with van der Waals surface area (Å²) in [7, 11) is 0.879. The van der Waals surface area contributed by atoms with Crippen molar-refractivity contribution in [1.82, 2.24) is 4.90 Å². The summed E-state index contributed by atoms with van der Waals surface area (Å²) in [6.07, 6.45) is 4.00. The van der Waals surface area contributed by atoms with Gasteiger partial charge in [-0.15, -0.1) is 0 Å². The van der Waals surface area contributed by atoms with Crippen molar-refractivity contribution in [3.63, 3.8) is 0 Å². The number of carbonyl (C=O) groups is 2. The Morgan fingerprint density at radius 3 is 2.33 bits per heavy atom. The first-order valence-electron chi connectivity index (χ1n) is 4.80. The van der Waals surface area contributed by atoms with Gasteiger partial charge in [0.05, 0.1) is 13.1 Å². The van der Waals surface area contributed by atoms with E-state index in [2.05, 4.69) is 0 Å². The van der Waals surface area contributed by atoms with Crippen LogP contribution in [0.1, 0.15) is 6.92 Å². The Bertz CT molecular complexity index is 259. The fourth-order valence-electron chi connectivity index (χ4n) is 1.23. The van der Waals surface area contributed by atoms with Gasteiger partial charge in [-0.2, -0.15) is 0 Å². The van der Waals surface area contributed by atoms with Gasteiger partial charge in [0.1, 0.15) is 0 Å². The van der Waals surface area contributed by atoms with Crippen molar-refractivity contribution in [3.05, 3.63) is 12.2 Å². The zero-order valence-corrected chi connectivity index (χ0v) is 8.93. The van der Waals surface area contributed by atoms with Crippen LogP contribution in [0.25, 0.3) is 0 Å². The highest BCUT2D eigenvalue weighted by Gasteiger charge is 2.30. The quantitative estimate of drug-likeness (QED) is 0.478. The van der Waals surface area contributed by atoms with Gasteiger partial charge >= 0.3 is 19.1 Å². The largest absolute Gasteiger partial charge is 0.602 e. The van der Waals surface area contributed by atoms with Crippen LogP contribution in [-0.4, -0.2) is 44.1 Å². The summed E-state index contributed by atoms with van der Waals surface area (Å²) in [5, 5.41) is 0. The molecule has 0 radical (unpaired) electrons. The maximum Gasteiger partial charge on any atom is 0.602 e. The average molecular weight is 211 g/mol. The highest BCUT2D eigenvalue weighted by molar-refractivity contribution is 6.49. The molecule has 0 amide bonds. The minimum absolute atomic E-state index is 0.113. The van der Waals surface area contributed by atoms with Crippen LogP contribution in [0.4, 0.5) is 0 Å². The van der Waals surface area contributed by atoms with E-state index < -0.39 is 7.12 Å². The van der Waals surface area contributed by atoms with Crippen LogP contribution in [-0.2, 0) is 18.9 Å². The molecule has 1 heterocycles. The smallest absolute Gasteiger partial charge is 0.498 e. The standard InChI is InChI=1S/C9H14BNO4/c1-3-4-5-10-14-8(12)6-11(2)7-9(13)15-10/h3-4H,5-7H2,1-2H3. The number of allylic oxidation sites excluding steroid dienone is 2. The number of hydrogen-bond donors (Lipinski definition) is 0. The van der Waals surface area contributed by atoms with Crippen molar-refractivity contribution in [2.45, 2.75) is 13.2 Å². The van der Waals surface area contributed by atoms with Crippen LogP contribution in [0.2, 0.25) is 6.32 Å². The second kappa shape index (κ2) is 5.55. The van der Waals surface area contributed by atoms with E-state index in [4.69, 9.17) is 9.31 Å². The van der Waals surface area contributed by atoms with Gasteiger partial charge in [-0.1, -0.05) is 12.2 Å². The molecule has 0 unspecified atom stereocenters. The maximum atomic E-state index is 11.2. The van der Waals surface area contributed by atoms with Crippen molar-refractivity contribution in [2.75, 3.05) is 20.1 Å². The average Bonchev–Trinajstić information content (AvgIpc) is 2.11. The lowest BCUT2D eigenvalue weighted by Gasteiger charge is -2.21. The van der Waals surface area contributed by atoms with E-state index in [9.17, 15) is 9.59 Å². The van der Waals surface area contributed by atoms with Gasteiger partial charge in [-0.3, -0.25) is 14.5 Å². The SMILES string of the molecule is CC=CCB1OC(=O)CN(C)CC(=O)O1. The number of hydrogen-bond acceptors (Lipinski definition) is 5. The summed E-state index contributed by atoms with van der Waals surface area (Å²) >= 11 is 0. The molecule has 15 heavy (non-hydrogen) atoms. The molecule has 0 saturated carbocycles. The molecule has 0 N–H and O–H groups in total. The van der Waals surface area contributed by atoms with Crippen LogP contribution in [0, 0.1) is 0 Å². The minimum atomic E-state index is -0.783. The van der Waals surface area contributed by atoms with Gasteiger partial charge in [0.15, 0.2) is 0 Å². The molecule has 0 aromatic heterocycles. The first-order valence-corrected chi connectivity index (χ1v) is 4.80. The van der Waals surface area contributed by atoms with E-state index in [1.807, 2.05) is 13.0 Å².